The molecule has 1 aromatic heterocycles. The standard InChI is InChI=1S/C16H25N3O2/c20-16(21)15-8-4-5-12(17-15)11-13-9-10-19(18-13)14-6-2-1-3-7-14/h9-10,12,14-15,17H,1-8,11H2,(H,20,21). The number of carbonyl (C=O) groups is 1. The molecule has 2 N–H and O–H groups in total. The number of carboxylic acid groups (broad SMARTS) is 1. The number of aliphatic carboxylic acids is 1. The Morgan fingerprint density at radius 2 is 2.05 bits per heavy atom. The minimum atomic E-state index is -0.729. The Bertz CT molecular complexity index is 480. The van der Waals surface area contributed by atoms with Crippen molar-refractivity contribution >= 4 is 5.97 Å². The highest BCUT2D eigenvalue weighted by molar-refractivity contribution is 5.73. The van der Waals surface area contributed by atoms with Gasteiger partial charge in [-0.05, 0) is 38.2 Å². The normalized spacial score (nSPS) is 27.6. The van der Waals surface area contributed by atoms with Gasteiger partial charge in [-0.15, -0.1) is 0 Å². The van der Waals surface area contributed by atoms with Crippen LogP contribution < -0.4 is 5.32 Å². The molecule has 2 atom stereocenters. The first-order valence-electron chi connectivity index (χ1n) is 8.25. The molecule has 2 unspecified atom stereocenters. The van der Waals surface area contributed by atoms with Crippen LogP contribution in [0.4, 0.5) is 0 Å². The van der Waals surface area contributed by atoms with Crippen LogP contribution in [0.3, 0.4) is 0 Å². The zero-order valence-electron chi connectivity index (χ0n) is 12.5. The number of nitrogens with one attached hydrogen (secondary N) is 1. The number of rotatable bonds is 4. The van der Waals surface area contributed by atoms with Gasteiger partial charge in [-0.2, -0.15) is 5.10 Å². The van der Waals surface area contributed by atoms with Gasteiger partial charge >= 0.3 is 5.97 Å². The van der Waals surface area contributed by atoms with Crippen LogP contribution in [-0.4, -0.2) is 32.9 Å². The van der Waals surface area contributed by atoms with E-state index in [2.05, 4.69) is 22.3 Å². The van der Waals surface area contributed by atoms with E-state index < -0.39 is 5.97 Å². The van der Waals surface area contributed by atoms with E-state index in [9.17, 15) is 4.79 Å². The van der Waals surface area contributed by atoms with Crippen LogP contribution in [0.15, 0.2) is 12.3 Å². The smallest absolute Gasteiger partial charge is 0.320 e. The van der Waals surface area contributed by atoms with Crippen molar-refractivity contribution in [3.8, 4) is 0 Å². The second kappa shape index (κ2) is 6.60. The molecule has 2 aliphatic rings. The van der Waals surface area contributed by atoms with E-state index in [1.807, 2.05) is 0 Å². The summed E-state index contributed by atoms with van der Waals surface area (Å²) in [5.41, 5.74) is 1.09. The van der Waals surface area contributed by atoms with Crippen LogP contribution in [-0.2, 0) is 11.2 Å². The van der Waals surface area contributed by atoms with E-state index in [-0.39, 0.29) is 12.1 Å². The number of aromatic nitrogens is 2. The molecule has 2 fully saturated rings. The summed E-state index contributed by atoms with van der Waals surface area (Å²) < 4.78 is 2.13. The number of hydrogen-bond acceptors (Lipinski definition) is 3. The highest BCUT2D eigenvalue weighted by Crippen LogP contribution is 2.27. The lowest BCUT2D eigenvalue weighted by atomic mass is 9.95. The minimum absolute atomic E-state index is 0.245. The monoisotopic (exact) mass is 291 g/mol. The zero-order valence-corrected chi connectivity index (χ0v) is 12.5. The summed E-state index contributed by atoms with van der Waals surface area (Å²) in [6.45, 7) is 0. The molecule has 5 nitrogen and oxygen atoms in total. The molecule has 3 rings (SSSR count). The van der Waals surface area contributed by atoms with Gasteiger partial charge in [0.05, 0.1) is 11.7 Å². The van der Waals surface area contributed by atoms with Crippen molar-refractivity contribution < 1.29 is 9.90 Å². The topological polar surface area (TPSA) is 67.1 Å². The fourth-order valence-electron chi connectivity index (χ4n) is 3.66. The predicted molar refractivity (Wildman–Crippen MR) is 80.3 cm³/mol. The summed E-state index contributed by atoms with van der Waals surface area (Å²) in [4.78, 5) is 11.1. The Labute approximate surface area is 125 Å². The van der Waals surface area contributed by atoms with Gasteiger partial charge < -0.3 is 10.4 Å². The van der Waals surface area contributed by atoms with Gasteiger partial charge in [-0.3, -0.25) is 9.48 Å². The highest BCUT2D eigenvalue weighted by Gasteiger charge is 2.26. The summed E-state index contributed by atoms with van der Waals surface area (Å²) in [6.07, 6.45) is 12.2. The third-order valence-corrected chi connectivity index (χ3v) is 4.85. The van der Waals surface area contributed by atoms with Crippen molar-refractivity contribution in [1.82, 2.24) is 15.1 Å². The maximum atomic E-state index is 11.1. The third kappa shape index (κ3) is 3.64. The molecule has 116 valence electrons. The van der Waals surface area contributed by atoms with E-state index in [1.54, 1.807) is 0 Å². The van der Waals surface area contributed by atoms with E-state index in [1.165, 1.54) is 32.1 Å². The fourth-order valence-corrected chi connectivity index (χ4v) is 3.66. The van der Waals surface area contributed by atoms with E-state index >= 15 is 0 Å². The van der Waals surface area contributed by atoms with Crippen LogP contribution in [0, 0.1) is 0 Å². The SMILES string of the molecule is O=C(O)C1CCCC(Cc2ccn(C3CCCCC3)n2)N1. The molecule has 1 aliphatic heterocycles. The molecule has 1 aromatic rings. The van der Waals surface area contributed by atoms with Gasteiger partial charge in [0.25, 0.3) is 0 Å². The quantitative estimate of drug-likeness (QED) is 0.894. The third-order valence-electron chi connectivity index (χ3n) is 4.85. The van der Waals surface area contributed by atoms with Gasteiger partial charge in [0, 0.05) is 18.7 Å². The lowest BCUT2D eigenvalue weighted by molar-refractivity contribution is -0.140. The van der Waals surface area contributed by atoms with Crippen LogP contribution in [0.1, 0.15) is 63.1 Å². The predicted octanol–water partition coefficient (Wildman–Crippen LogP) is 2.53. The summed E-state index contributed by atoms with van der Waals surface area (Å²) in [5.74, 6) is -0.729. The molecule has 2 heterocycles. The van der Waals surface area contributed by atoms with E-state index in [0.29, 0.717) is 6.04 Å². The first kappa shape index (κ1) is 14.6. The van der Waals surface area contributed by atoms with Gasteiger partial charge in [0.2, 0.25) is 0 Å². The van der Waals surface area contributed by atoms with Crippen molar-refractivity contribution in [2.24, 2.45) is 0 Å². The van der Waals surface area contributed by atoms with Gasteiger partial charge in [0.1, 0.15) is 6.04 Å². The first-order chi connectivity index (χ1) is 10.2. The number of nitrogens with zero attached hydrogens (tertiary/aromatic N) is 2. The number of hydrogen-bond donors (Lipinski definition) is 2. The average Bonchev–Trinajstić information content (AvgIpc) is 2.97. The van der Waals surface area contributed by atoms with Crippen molar-refractivity contribution in [2.45, 2.75) is 75.9 Å². The summed E-state index contributed by atoms with van der Waals surface area (Å²) >= 11 is 0. The lowest BCUT2D eigenvalue weighted by Gasteiger charge is -2.28. The Hall–Kier alpha value is -1.36. The molecular weight excluding hydrogens is 266 g/mol. The minimum Gasteiger partial charge on any atom is -0.480 e. The van der Waals surface area contributed by atoms with Gasteiger partial charge in [-0.25, -0.2) is 0 Å². The number of piperidine rings is 1. The number of carboxylic acids is 1. The molecule has 0 amide bonds. The maximum Gasteiger partial charge on any atom is 0.320 e. The van der Waals surface area contributed by atoms with E-state index in [4.69, 9.17) is 10.2 Å². The van der Waals surface area contributed by atoms with E-state index in [0.717, 1.165) is 31.4 Å². The van der Waals surface area contributed by atoms with Gasteiger partial charge in [-0.1, -0.05) is 19.3 Å². The Morgan fingerprint density at radius 3 is 2.81 bits per heavy atom. The molecule has 5 heteroatoms. The summed E-state index contributed by atoms with van der Waals surface area (Å²) in [5, 5.41) is 17.1. The van der Waals surface area contributed by atoms with Crippen molar-refractivity contribution in [1.29, 1.82) is 0 Å². The van der Waals surface area contributed by atoms with Crippen LogP contribution in [0.5, 0.6) is 0 Å². The molecule has 21 heavy (non-hydrogen) atoms. The molecule has 1 saturated heterocycles. The van der Waals surface area contributed by atoms with Gasteiger partial charge in [0.15, 0.2) is 0 Å². The van der Waals surface area contributed by atoms with Crippen molar-refractivity contribution in [3.05, 3.63) is 18.0 Å². The fraction of sp³-hybridized carbons (Fsp3) is 0.750. The summed E-state index contributed by atoms with van der Waals surface area (Å²) in [6, 6.07) is 2.53. The molecule has 1 saturated carbocycles. The highest BCUT2D eigenvalue weighted by atomic mass is 16.4. The summed E-state index contributed by atoms with van der Waals surface area (Å²) in [7, 11) is 0. The Balaban J connectivity index is 1.57. The zero-order chi connectivity index (χ0) is 14.7. The molecular formula is C16H25N3O2. The molecule has 0 bridgehead atoms. The molecule has 1 aliphatic carbocycles. The van der Waals surface area contributed by atoms with Crippen molar-refractivity contribution in [3.63, 3.8) is 0 Å². The second-order valence-electron chi connectivity index (χ2n) is 6.47. The maximum absolute atomic E-state index is 11.1. The molecule has 0 spiro atoms. The second-order valence-corrected chi connectivity index (χ2v) is 6.47. The van der Waals surface area contributed by atoms with Crippen LogP contribution in [0.25, 0.3) is 0 Å². The first-order valence-corrected chi connectivity index (χ1v) is 8.25. The van der Waals surface area contributed by atoms with Crippen LogP contribution in [0.2, 0.25) is 0 Å². The molecule has 0 radical (unpaired) electrons. The lowest BCUT2D eigenvalue weighted by Crippen LogP contribution is -2.47. The average molecular weight is 291 g/mol. The largest absolute Gasteiger partial charge is 0.480 e. The van der Waals surface area contributed by atoms with Crippen LogP contribution >= 0.6 is 0 Å². The Kier molecular flexibility index (Phi) is 4.58. The Morgan fingerprint density at radius 1 is 1.24 bits per heavy atom. The van der Waals surface area contributed by atoms with Crippen molar-refractivity contribution in [2.75, 3.05) is 0 Å². The molecule has 0 aromatic carbocycles.